The summed E-state index contributed by atoms with van der Waals surface area (Å²) in [5.41, 5.74) is 3.14. The smallest absolute Gasteiger partial charge is 0.224 e. The van der Waals surface area contributed by atoms with Gasteiger partial charge in [-0.25, -0.2) is 0 Å². The molecule has 0 unspecified atom stereocenters. The molecule has 27 heavy (non-hydrogen) atoms. The SMILES string of the molecule is CCc1cccc(NC(=O)CCC(=O)N2CCCn3nc(C#N)cc3C2)c1. The number of hydrogen-bond donors (Lipinski definition) is 1. The Labute approximate surface area is 158 Å². The maximum Gasteiger partial charge on any atom is 0.224 e. The molecular formula is C20H23N5O2. The Balaban J connectivity index is 1.54. The van der Waals surface area contributed by atoms with Gasteiger partial charge in [-0.2, -0.15) is 10.4 Å². The van der Waals surface area contributed by atoms with Crippen LogP contribution < -0.4 is 5.32 Å². The molecule has 0 saturated heterocycles. The summed E-state index contributed by atoms with van der Waals surface area (Å²) in [6.07, 6.45) is 2.00. The number of carbonyl (C=O) groups is 2. The molecule has 0 spiro atoms. The molecular weight excluding hydrogens is 342 g/mol. The van der Waals surface area contributed by atoms with E-state index in [-0.39, 0.29) is 24.7 Å². The largest absolute Gasteiger partial charge is 0.337 e. The maximum atomic E-state index is 12.5. The molecule has 2 amide bonds. The number of rotatable bonds is 5. The predicted octanol–water partition coefficient (Wildman–Crippen LogP) is 2.47. The van der Waals surface area contributed by atoms with Crippen molar-refractivity contribution in [3.63, 3.8) is 0 Å². The number of nitrogens with zero attached hydrogens (tertiary/aromatic N) is 4. The second kappa shape index (κ2) is 8.49. The van der Waals surface area contributed by atoms with Gasteiger partial charge in [0.05, 0.1) is 12.2 Å². The standard InChI is InChI=1S/C20H23N5O2/c1-2-15-5-3-6-16(11-15)22-19(26)7-8-20(27)24-9-4-10-25-18(14-24)12-17(13-21)23-25/h3,5-6,11-12H,2,4,7-10,14H2,1H3,(H,22,26). The fourth-order valence-electron chi connectivity index (χ4n) is 3.20. The zero-order valence-corrected chi connectivity index (χ0v) is 15.4. The molecule has 0 fully saturated rings. The van der Waals surface area contributed by atoms with Crippen molar-refractivity contribution in [2.75, 3.05) is 11.9 Å². The second-order valence-corrected chi connectivity index (χ2v) is 6.63. The van der Waals surface area contributed by atoms with E-state index in [1.807, 2.05) is 30.3 Å². The van der Waals surface area contributed by atoms with Crippen molar-refractivity contribution in [3.05, 3.63) is 47.3 Å². The second-order valence-electron chi connectivity index (χ2n) is 6.63. The van der Waals surface area contributed by atoms with Crippen LogP contribution >= 0.6 is 0 Å². The van der Waals surface area contributed by atoms with Gasteiger partial charge in [-0.05, 0) is 36.6 Å². The minimum Gasteiger partial charge on any atom is -0.337 e. The Bertz CT molecular complexity index is 881. The third kappa shape index (κ3) is 4.73. The average Bonchev–Trinajstić information content (AvgIpc) is 2.96. The molecule has 0 radical (unpaired) electrons. The van der Waals surface area contributed by atoms with E-state index in [1.165, 1.54) is 0 Å². The number of aromatic nitrogens is 2. The summed E-state index contributed by atoms with van der Waals surface area (Å²) >= 11 is 0. The summed E-state index contributed by atoms with van der Waals surface area (Å²) in [5.74, 6) is -0.219. The van der Waals surface area contributed by atoms with Gasteiger partial charge >= 0.3 is 0 Å². The molecule has 7 heteroatoms. The molecule has 1 aromatic heterocycles. The molecule has 1 N–H and O–H groups in total. The summed E-state index contributed by atoms with van der Waals surface area (Å²) in [6.45, 7) is 3.80. The van der Waals surface area contributed by atoms with Gasteiger partial charge < -0.3 is 10.2 Å². The normalized spacial score (nSPS) is 13.4. The molecule has 140 valence electrons. The fourth-order valence-corrected chi connectivity index (χ4v) is 3.20. The van der Waals surface area contributed by atoms with Crippen molar-refractivity contribution >= 4 is 17.5 Å². The van der Waals surface area contributed by atoms with Crippen LogP contribution in [0.4, 0.5) is 5.69 Å². The number of nitrogens with one attached hydrogen (secondary N) is 1. The Morgan fingerprint density at radius 3 is 2.89 bits per heavy atom. The van der Waals surface area contributed by atoms with E-state index in [0.29, 0.717) is 25.3 Å². The van der Waals surface area contributed by atoms with Crippen molar-refractivity contribution in [2.45, 2.75) is 45.7 Å². The predicted molar refractivity (Wildman–Crippen MR) is 101 cm³/mol. The summed E-state index contributed by atoms with van der Waals surface area (Å²) < 4.78 is 1.79. The summed E-state index contributed by atoms with van der Waals surface area (Å²) in [4.78, 5) is 26.5. The zero-order chi connectivity index (χ0) is 19.2. The monoisotopic (exact) mass is 365 g/mol. The van der Waals surface area contributed by atoms with Crippen molar-refractivity contribution in [3.8, 4) is 6.07 Å². The summed E-state index contributed by atoms with van der Waals surface area (Å²) in [6, 6.07) is 11.5. The highest BCUT2D eigenvalue weighted by Gasteiger charge is 2.21. The molecule has 2 aromatic rings. The highest BCUT2D eigenvalue weighted by Crippen LogP contribution is 2.16. The molecule has 7 nitrogen and oxygen atoms in total. The molecule has 0 bridgehead atoms. The van der Waals surface area contributed by atoms with Crippen LogP contribution in [0.25, 0.3) is 0 Å². The molecule has 1 aromatic carbocycles. The number of amides is 2. The lowest BCUT2D eigenvalue weighted by Gasteiger charge is -2.19. The fraction of sp³-hybridized carbons (Fsp3) is 0.400. The number of aryl methyl sites for hydroxylation is 2. The number of nitriles is 1. The molecule has 0 atom stereocenters. The number of benzene rings is 1. The van der Waals surface area contributed by atoms with Gasteiger partial charge in [-0.3, -0.25) is 14.3 Å². The van der Waals surface area contributed by atoms with Gasteiger partial charge in [0.25, 0.3) is 0 Å². The summed E-state index contributed by atoms with van der Waals surface area (Å²) in [7, 11) is 0. The first-order valence-electron chi connectivity index (χ1n) is 9.22. The molecule has 0 aliphatic carbocycles. The Morgan fingerprint density at radius 1 is 1.26 bits per heavy atom. The minimum absolute atomic E-state index is 0.0550. The van der Waals surface area contributed by atoms with E-state index in [2.05, 4.69) is 17.3 Å². The quantitative estimate of drug-likeness (QED) is 0.881. The van der Waals surface area contributed by atoms with E-state index in [1.54, 1.807) is 15.6 Å². The molecule has 2 heterocycles. The first kappa shape index (κ1) is 18.6. The van der Waals surface area contributed by atoms with Gasteiger partial charge in [0.15, 0.2) is 5.69 Å². The first-order chi connectivity index (χ1) is 13.1. The molecule has 3 rings (SSSR count). The van der Waals surface area contributed by atoms with E-state index in [9.17, 15) is 9.59 Å². The van der Waals surface area contributed by atoms with Crippen LogP contribution in [0.2, 0.25) is 0 Å². The maximum absolute atomic E-state index is 12.5. The van der Waals surface area contributed by atoms with Crippen molar-refractivity contribution in [2.24, 2.45) is 0 Å². The lowest BCUT2D eigenvalue weighted by molar-refractivity contribution is -0.133. The van der Waals surface area contributed by atoms with Crippen LogP contribution in [0, 0.1) is 11.3 Å². The zero-order valence-electron chi connectivity index (χ0n) is 15.4. The third-order valence-electron chi connectivity index (χ3n) is 4.67. The van der Waals surface area contributed by atoms with Gasteiger partial charge in [0.2, 0.25) is 11.8 Å². The van der Waals surface area contributed by atoms with Gasteiger partial charge in [-0.15, -0.1) is 0 Å². The van der Waals surface area contributed by atoms with Crippen molar-refractivity contribution in [1.82, 2.24) is 14.7 Å². The first-order valence-corrected chi connectivity index (χ1v) is 9.22. The van der Waals surface area contributed by atoms with Crippen LogP contribution in [-0.4, -0.2) is 33.0 Å². The molecule has 0 saturated carbocycles. The van der Waals surface area contributed by atoms with Crippen LogP contribution in [0.5, 0.6) is 0 Å². The van der Waals surface area contributed by atoms with Crippen molar-refractivity contribution < 1.29 is 9.59 Å². The van der Waals surface area contributed by atoms with Crippen molar-refractivity contribution in [1.29, 1.82) is 5.26 Å². The van der Waals surface area contributed by atoms with E-state index in [0.717, 1.165) is 29.8 Å². The van der Waals surface area contributed by atoms with Gasteiger partial charge in [-0.1, -0.05) is 19.1 Å². The van der Waals surface area contributed by atoms with Crippen LogP contribution in [0.1, 0.15) is 43.1 Å². The molecule has 1 aliphatic heterocycles. The highest BCUT2D eigenvalue weighted by molar-refractivity contribution is 5.93. The van der Waals surface area contributed by atoms with E-state index < -0.39 is 0 Å². The average molecular weight is 365 g/mol. The number of carbonyl (C=O) groups excluding carboxylic acids is 2. The van der Waals surface area contributed by atoms with Crippen LogP contribution in [0.15, 0.2) is 30.3 Å². The number of hydrogen-bond acceptors (Lipinski definition) is 4. The van der Waals surface area contributed by atoms with Gasteiger partial charge in [0.1, 0.15) is 6.07 Å². The topological polar surface area (TPSA) is 91.0 Å². The van der Waals surface area contributed by atoms with E-state index >= 15 is 0 Å². The highest BCUT2D eigenvalue weighted by atomic mass is 16.2. The number of anilines is 1. The van der Waals surface area contributed by atoms with Crippen LogP contribution in [0.3, 0.4) is 0 Å². The van der Waals surface area contributed by atoms with E-state index in [4.69, 9.17) is 5.26 Å². The van der Waals surface area contributed by atoms with Crippen LogP contribution in [-0.2, 0) is 29.1 Å². The lowest BCUT2D eigenvalue weighted by Crippen LogP contribution is -2.31. The minimum atomic E-state index is -0.164. The lowest BCUT2D eigenvalue weighted by atomic mass is 10.1. The third-order valence-corrected chi connectivity index (χ3v) is 4.67. The van der Waals surface area contributed by atoms with Gasteiger partial charge in [0, 0.05) is 31.6 Å². The number of fused-ring (bicyclic) bond motifs is 1. The Morgan fingerprint density at radius 2 is 2.11 bits per heavy atom. The summed E-state index contributed by atoms with van der Waals surface area (Å²) in [5, 5.41) is 16.0. The Hall–Kier alpha value is -3.14. The Kier molecular flexibility index (Phi) is 5.87. The molecule has 1 aliphatic rings.